The van der Waals surface area contributed by atoms with E-state index in [9.17, 15) is 0 Å². The van der Waals surface area contributed by atoms with Crippen molar-refractivity contribution in [2.45, 2.75) is 26.5 Å². The van der Waals surface area contributed by atoms with Crippen LogP contribution in [-0.2, 0) is 10.5 Å². The van der Waals surface area contributed by atoms with E-state index in [0.29, 0.717) is 5.92 Å². The Balaban J connectivity index is 0.00000112. The van der Waals surface area contributed by atoms with Gasteiger partial charge in [0.15, 0.2) is 11.5 Å². The second-order valence-electron chi connectivity index (χ2n) is 4.24. The van der Waals surface area contributed by atoms with Crippen molar-refractivity contribution >= 4 is 12.4 Å². The summed E-state index contributed by atoms with van der Waals surface area (Å²) >= 11 is 0. The molecule has 2 rings (SSSR count). The van der Waals surface area contributed by atoms with E-state index in [0.717, 1.165) is 24.7 Å². The SMILES string of the molecule is Cc1ccc(C2(C)NCC(C)CO2)o1.Cl. The van der Waals surface area contributed by atoms with Crippen LogP contribution in [0.2, 0.25) is 0 Å². The van der Waals surface area contributed by atoms with Crippen molar-refractivity contribution in [1.29, 1.82) is 0 Å². The molecule has 15 heavy (non-hydrogen) atoms. The van der Waals surface area contributed by atoms with Gasteiger partial charge in [0.05, 0.1) is 6.61 Å². The average molecular weight is 232 g/mol. The van der Waals surface area contributed by atoms with E-state index in [-0.39, 0.29) is 12.4 Å². The van der Waals surface area contributed by atoms with Crippen molar-refractivity contribution in [1.82, 2.24) is 5.32 Å². The van der Waals surface area contributed by atoms with Gasteiger partial charge in [0, 0.05) is 6.54 Å². The van der Waals surface area contributed by atoms with Gasteiger partial charge >= 0.3 is 0 Å². The molecule has 4 heteroatoms. The van der Waals surface area contributed by atoms with Gasteiger partial charge in [-0.3, -0.25) is 5.32 Å². The largest absolute Gasteiger partial charge is 0.462 e. The molecule has 1 N–H and O–H groups in total. The quantitative estimate of drug-likeness (QED) is 0.806. The minimum absolute atomic E-state index is 0. The van der Waals surface area contributed by atoms with Crippen molar-refractivity contribution in [3.05, 3.63) is 23.7 Å². The van der Waals surface area contributed by atoms with Crippen molar-refractivity contribution in [2.24, 2.45) is 5.92 Å². The van der Waals surface area contributed by atoms with Crippen molar-refractivity contribution in [2.75, 3.05) is 13.2 Å². The summed E-state index contributed by atoms with van der Waals surface area (Å²) in [6.45, 7) is 7.87. The normalized spacial score (nSPS) is 31.0. The summed E-state index contributed by atoms with van der Waals surface area (Å²) in [5.41, 5.74) is -0.444. The molecule has 1 fully saturated rings. The third-order valence-corrected chi connectivity index (χ3v) is 2.65. The van der Waals surface area contributed by atoms with Crippen molar-refractivity contribution < 1.29 is 9.15 Å². The summed E-state index contributed by atoms with van der Waals surface area (Å²) < 4.78 is 11.3. The van der Waals surface area contributed by atoms with Gasteiger partial charge in [0.25, 0.3) is 0 Å². The molecule has 0 aromatic carbocycles. The monoisotopic (exact) mass is 231 g/mol. The molecule has 0 radical (unpaired) electrons. The number of furan rings is 1. The first kappa shape index (κ1) is 12.6. The first-order chi connectivity index (χ1) is 6.60. The Morgan fingerprint density at radius 1 is 1.47 bits per heavy atom. The number of rotatable bonds is 1. The molecule has 2 unspecified atom stereocenters. The lowest BCUT2D eigenvalue weighted by molar-refractivity contribution is -0.118. The van der Waals surface area contributed by atoms with Gasteiger partial charge in [-0.05, 0) is 31.9 Å². The van der Waals surface area contributed by atoms with Crippen LogP contribution in [0, 0.1) is 12.8 Å². The fraction of sp³-hybridized carbons (Fsp3) is 0.636. The lowest BCUT2D eigenvalue weighted by Crippen LogP contribution is -2.49. The smallest absolute Gasteiger partial charge is 0.175 e. The van der Waals surface area contributed by atoms with E-state index in [1.165, 1.54) is 0 Å². The number of hydrogen-bond acceptors (Lipinski definition) is 3. The van der Waals surface area contributed by atoms with Gasteiger partial charge in [-0.1, -0.05) is 6.92 Å². The Morgan fingerprint density at radius 3 is 2.67 bits per heavy atom. The zero-order valence-corrected chi connectivity index (χ0v) is 10.2. The molecule has 0 aliphatic carbocycles. The zero-order valence-electron chi connectivity index (χ0n) is 9.37. The van der Waals surface area contributed by atoms with E-state index >= 15 is 0 Å². The van der Waals surface area contributed by atoms with Crippen LogP contribution in [0.4, 0.5) is 0 Å². The first-order valence-corrected chi connectivity index (χ1v) is 5.06. The maximum atomic E-state index is 5.77. The van der Waals surface area contributed by atoms with Crippen molar-refractivity contribution in [3.8, 4) is 0 Å². The molecule has 86 valence electrons. The van der Waals surface area contributed by atoms with Crippen LogP contribution in [0.3, 0.4) is 0 Å². The molecule has 0 saturated carbocycles. The Morgan fingerprint density at radius 2 is 2.20 bits per heavy atom. The van der Waals surface area contributed by atoms with E-state index in [1.54, 1.807) is 0 Å². The second-order valence-corrected chi connectivity index (χ2v) is 4.24. The van der Waals surface area contributed by atoms with Gasteiger partial charge in [-0.15, -0.1) is 12.4 Å². The number of nitrogens with one attached hydrogen (secondary N) is 1. The summed E-state index contributed by atoms with van der Waals surface area (Å²) in [5.74, 6) is 2.35. The maximum Gasteiger partial charge on any atom is 0.175 e. The Hall–Kier alpha value is -0.510. The van der Waals surface area contributed by atoms with Gasteiger partial charge < -0.3 is 9.15 Å². The second kappa shape index (κ2) is 4.56. The highest BCUT2D eigenvalue weighted by Gasteiger charge is 2.34. The number of hydrogen-bond donors (Lipinski definition) is 1. The molecule has 2 atom stereocenters. The summed E-state index contributed by atoms with van der Waals surface area (Å²) in [4.78, 5) is 0. The van der Waals surface area contributed by atoms with Crippen LogP contribution in [-0.4, -0.2) is 13.2 Å². The predicted molar refractivity (Wildman–Crippen MR) is 61.2 cm³/mol. The van der Waals surface area contributed by atoms with E-state index in [4.69, 9.17) is 9.15 Å². The minimum atomic E-state index is -0.444. The minimum Gasteiger partial charge on any atom is -0.462 e. The molecular weight excluding hydrogens is 214 g/mol. The van der Waals surface area contributed by atoms with Crippen molar-refractivity contribution in [3.63, 3.8) is 0 Å². The van der Waals surface area contributed by atoms with Gasteiger partial charge in [-0.2, -0.15) is 0 Å². The number of ether oxygens (including phenoxy) is 1. The van der Waals surface area contributed by atoms with Crippen LogP contribution in [0.5, 0.6) is 0 Å². The van der Waals surface area contributed by atoms with Crippen LogP contribution < -0.4 is 5.32 Å². The van der Waals surface area contributed by atoms with Gasteiger partial charge in [0.2, 0.25) is 0 Å². The fourth-order valence-corrected chi connectivity index (χ4v) is 1.64. The third-order valence-electron chi connectivity index (χ3n) is 2.65. The molecule has 1 aromatic rings. The van der Waals surface area contributed by atoms with Crippen LogP contribution in [0.25, 0.3) is 0 Å². The molecule has 2 heterocycles. The number of halogens is 1. The summed E-state index contributed by atoms with van der Waals surface area (Å²) in [7, 11) is 0. The van der Waals surface area contributed by atoms with E-state index in [1.807, 2.05) is 26.0 Å². The highest BCUT2D eigenvalue weighted by Crippen LogP contribution is 2.27. The van der Waals surface area contributed by atoms with Crippen LogP contribution in [0.1, 0.15) is 25.4 Å². The fourth-order valence-electron chi connectivity index (χ4n) is 1.64. The molecule has 1 aliphatic heterocycles. The standard InChI is InChI=1S/C11H17NO2.ClH/c1-8-6-12-11(3,13-7-8)10-5-4-9(2)14-10;/h4-5,8,12H,6-7H2,1-3H3;1H. The molecule has 3 nitrogen and oxygen atoms in total. The Bertz CT molecular complexity index is 316. The number of aryl methyl sites for hydroxylation is 1. The summed E-state index contributed by atoms with van der Waals surface area (Å²) in [5, 5.41) is 3.36. The summed E-state index contributed by atoms with van der Waals surface area (Å²) in [6.07, 6.45) is 0. The highest BCUT2D eigenvalue weighted by molar-refractivity contribution is 5.85. The highest BCUT2D eigenvalue weighted by atomic mass is 35.5. The van der Waals surface area contributed by atoms with E-state index < -0.39 is 5.72 Å². The molecular formula is C11H18ClNO2. The first-order valence-electron chi connectivity index (χ1n) is 5.06. The molecule has 1 aromatic heterocycles. The molecule has 1 aliphatic rings. The lowest BCUT2D eigenvalue weighted by atomic mass is 10.1. The van der Waals surface area contributed by atoms with Crippen LogP contribution >= 0.6 is 12.4 Å². The maximum absolute atomic E-state index is 5.77. The topological polar surface area (TPSA) is 34.4 Å². The molecule has 0 spiro atoms. The predicted octanol–water partition coefficient (Wildman–Crippen LogP) is 2.44. The molecule has 0 bridgehead atoms. The zero-order chi connectivity index (χ0) is 10.2. The summed E-state index contributed by atoms with van der Waals surface area (Å²) in [6, 6.07) is 3.93. The molecule has 0 amide bonds. The lowest BCUT2D eigenvalue weighted by Gasteiger charge is -2.36. The Labute approximate surface area is 96.6 Å². The average Bonchev–Trinajstić information content (AvgIpc) is 2.58. The van der Waals surface area contributed by atoms with Gasteiger partial charge in [0.1, 0.15) is 5.76 Å². The van der Waals surface area contributed by atoms with E-state index in [2.05, 4.69) is 12.2 Å². The van der Waals surface area contributed by atoms with Gasteiger partial charge in [-0.25, -0.2) is 0 Å². The third kappa shape index (κ3) is 2.54. The molecule has 1 saturated heterocycles. The Kier molecular flexibility index (Phi) is 3.82. The van der Waals surface area contributed by atoms with Crippen LogP contribution in [0.15, 0.2) is 16.5 Å².